The summed E-state index contributed by atoms with van der Waals surface area (Å²) in [7, 11) is -5.14. The second-order valence-corrected chi connectivity index (χ2v) is 12.6. The highest BCUT2D eigenvalue weighted by molar-refractivity contribution is 7.42. The lowest BCUT2D eigenvalue weighted by Crippen LogP contribution is -2.49. The van der Waals surface area contributed by atoms with E-state index in [1.165, 1.54) is 185 Å². The van der Waals surface area contributed by atoms with Gasteiger partial charge in [0.2, 0.25) is 0 Å². The van der Waals surface area contributed by atoms with Crippen LogP contribution in [0.2, 0.25) is 0 Å². The molecule has 0 saturated heterocycles. The zero-order valence-corrected chi connectivity index (χ0v) is 27.3. The van der Waals surface area contributed by atoms with Gasteiger partial charge in [-0.25, -0.2) is 0 Å². The molecule has 0 fully saturated rings. The molecule has 0 unspecified atom stereocenters. The van der Waals surface area contributed by atoms with Crippen molar-refractivity contribution < 1.29 is 25.2 Å². The fraction of sp³-hybridized carbons (Fsp3) is 1.00. The minimum atomic E-state index is -5.14. The average Bonchev–Trinajstić information content (AvgIpc) is 2.88. The first-order valence-electron chi connectivity index (χ1n) is 16.8. The Morgan fingerprint density at radius 3 is 0.842 bits per heavy atom. The highest BCUT2D eigenvalue weighted by Crippen LogP contribution is 2.17. The number of nitrogens with zero attached hydrogens (tertiary/aromatic N) is 1. The molecule has 0 radical (unpaired) electrons. The molecule has 0 aromatic carbocycles. The van der Waals surface area contributed by atoms with Crippen LogP contribution in [-0.4, -0.2) is 35.6 Å². The number of quaternary nitrogens is 1. The quantitative estimate of drug-likeness (QED) is 0.0584. The van der Waals surface area contributed by atoms with Crippen molar-refractivity contribution in [3.8, 4) is 0 Å². The van der Waals surface area contributed by atoms with Crippen LogP contribution >= 0.6 is 7.82 Å². The Morgan fingerprint density at radius 1 is 0.474 bits per heavy atom. The van der Waals surface area contributed by atoms with Gasteiger partial charge < -0.3 is 23.7 Å². The fourth-order valence-electron chi connectivity index (χ4n) is 5.54. The summed E-state index contributed by atoms with van der Waals surface area (Å²) >= 11 is 0. The van der Waals surface area contributed by atoms with E-state index < -0.39 is 7.82 Å². The Kier molecular flexibility index (Phi) is 31.8. The van der Waals surface area contributed by atoms with Crippen LogP contribution in [-0.2, 0) is 4.57 Å². The third kappa shape index (κ3) is 34.1. The molecule has 0 aliphatic carbocycles. The second kappa shape index (κ2) is 30.0. The fourth-order valence-corrected chi connectivity index (χ4v) is 5.54. The molecule has 0 spiro atoms. The lowest BCUT2D eigenvalue weighted by molar-refractivity contribution is -0.925. The third-order valence-corrected chi connectivity index (χ3v) is 8.31. The highest BCUT2D eigenvalue weighted by atomic mass is 31.2. The molecule has 0 atom stereocenters. The molecule has 38 heavy (non-hydrogen) atoms. The van der Waals surface area contributed by atoms with Crippen molar-refractivity contribution in [2.24, 2.45) is 0 Å². The predicted molar refractivity (Wildman–Crippen MR) is 164 cm³/mol. The molecule has 1 N–H and O–H groups in total. The van der Waals surface area contributed by atoms with Gasteiger partial charge in [0.1, 0.15) is 0 Å². The van der Waals surface area contributed by atoms with Crippen molar-refractivity contribution in [3.63, 3.8) is 0 Å². The topological polar surface area (TPSA) is 83.4 Å². The summed E-state index contributed by atoms with van der Waals surface area (Å²) in [5.74, 6) is 0. The van der Waals surface area contributed by atoms with Crippen molar-refractivity contribution in [2.45, 2.75) is 182 Å². The van der Waals surface area contributed by atoms with Gasteiger partial charge in [-0.3, -0.25) is 0 Å². The van der Waals surface area contributed by atoms with Crippen LogP contribution in [0.25, 0.3) is 0 Å². The summed E-state index contributed by atoms with van der Waals surface area (Å²) in [6.45, 7) is 15.0. The molecule has 0 aliphatic rings. The maximum absolute atomic E-state index is 8.66. The summed E-state index contributed by atoms with van der Waals surface area (Å²) in [5.41, 5.74) is 0. The molecular weight excluding hydrogens is 493 g/mol. The van der Waals surface area contributed by atoms with Gasteiger partial charge in [0.25, 0.3) is 0 Å². The lowest BCUT2D eigenvalue weighted by Gasteiger charge is -2.37. The summed E-state index contributed by atoms with van der Waals surface area (Å²) in [6.07, 6.45) is 35.1. The Labute approximate surface area is 240 Å². The van der Waals surface area contributed by atoms with Crippen LogP contribution in [0.4, 0.5) is 0 Å². The molecule has 0 amide bonds. The summed E-state index contributed by atoms with van der Waals surface area (Å²) in [5, 5.41) is 0. The highest BCUT2D eigenvalue weighted by Gasteiger charge is 2.21. The molecule has 0 rings (SSSR count). The van der Waals surface area contributed by atoms with Gasteiger partial charge in [-0.2, -0.15) is 0 Å². The predicted octanol–water partition coefficient (Wildman–Crippen LogP) is 9.17. The Hall–Kier alpha value is 0.0700. The zero-order valence-electron chi connectivity index (χ0n) is 27.4. The smallest absolute Gasteiger partial charge is 0.790 e. The molecule has 0 aromatic heterocycles. The van der Waals surface area contributed by atoms with Crippen LogP contribution in [0, 0.1) is 0 Å². The van der Waals surface area contributed by atoms with Gasteiger partial charge in [0.15, 0.2) is 0 Å². The third-order valence-electron chi connectivity index (χ3n) is 8.31. The Balaban J connectivity index is -0.00000196. The second-order valence-electron chi connectivity index (χ2n) is 11.7. The monoisotopic (exact) mass is 564 g/mol. The van der Waals surface area contributed by atoms with E-state index in [4.69, 9.17) is 19.2 Å². The van der Waals surface area contributed by atoms with E-state index in [0.29, 0.717) is 0 Å². The van der Waals surface area contributed by atoms with Crippen LogP contribution < -0.4 is 9.79 Å². The molecule has 0 aromatic rings. The van der Waals surface area contributed by atoms with E-state index in [1.807, 2.05) is 0 Å². The van der Waals surface area contributed by atoms with Gasteiger partial charge >= 0.3 is 1.43 Å². The van der Waals surface area contributed by atoms with Crippen molar-refractivity contribution in [2.75, 3.05) is 26.2 Å². The normalized spacial score (nSPS) is 12.0. The number of phosphoric acid groups is 1. The maximum Gasteiger partial charge on any atom is 1.00 e. The number of unbranched alkanes of at least 4 members (excludes halogenated alkanes) is 22. The first-order valence-corrected chi connectivity index (χ1v) is 18.3. The summed E-state index contributed by atoms with van der Waals surface area (Å²) in [4.78, 5) is 24.3. The first kappa shape index (κ1) is 40.2. The molecule has 0 saturated carbocycles. The van der Waals surface area contributed by atoms with E-state index in [9.17, 15) is 0 Å². The van der Waals surface area contributed by atoms with Gasteiger partial charge in [0.05, 0.1) is 34.0 Å². The van der Waals surface area contributed by atoms with E-state index in [1.54, 1.807) is 0 Å². The van der Waals surface area contributed by atoms with Crippen LogP contribution in [0.5, 0.6) is 0 Å². The minimum absolute atomic E-state index is 0. The lowest BCUT2D eigenvalue weighted by atomic mass is 10.0. The average molecular weight is 564 g/mol. The van der Waals surface area contributed by atoms with Crippen molar-refractivity contribution >= 4 is 7.82 Å². The molecule has 0 heterocycles. The van der Waals surface area contributed by atoms with E-state index in [0.717, 1.165) is 0 Å². The van der Waals surface area contributed by atoms with Crippen LogP contribution in [0.1, 0.15) is 183 Å². The first-order chi connectivity index (χ1) is 18.2. The SMILES string of the molecule is CCCCCCCCCCCCCC[N+](CC)(CC)CCCCCCCCCCCCCC.O=P([O-])([O-])O.[H+]. The van der Waals surface area contributed by atoms with Crippen molar-refractivity contribution in [1.82, 2.24) is 0 Å². The molecule has 0 aliphatic heterocycles. The molecule has 232 valence electrons. The zero-order chi connectivity index (χ0) is 28.8. The van der Waals surface area contributed by atoms with Gasteiger partial charge in [-0.05, 0) is 39.5 Å². The van der Waals surface area contributed by atoms with Gasteiger partial charge in [-0.15, -0.1) is 0 Å². The van der Waals surface area contributed by atoms with Gasteiger partial charge in [-0.1, -0.05) is 142 Å². The molecule has 0 bridgehead atoms. The summed E-state index contributed by atoms with van der Waals surface area (Å²) < 4.78 is 10.0. The summed E-state index contributed by atoms with van der Waals surface area (Å²) in [6, 6.07) is 0. The van der Waals surface area contributed by atoms with Crippen LogP contribution in [0.15, 0.2) is 0 Å². The standard InChI is InChI=1S/C32H68N.H3O4P/c1-5-9-11-13-15-17-19-21-23-25-27-29-31-33(7-3,8-4)32-30-28-26-24-22-20-18-16-14-12-10-6-2;1-5(2,3)4/h5-32H2,1-4H3;(H3,1,2,3,4)/q+1;/p-1. The molecular formula is C32H70NO4P. The Morgan fingerprint density at radius 2 is 0.658 bits per heavy atom. The number of hydrogen-bond acceptors (Lipinski definition) is 3. The molecule has 6 heteroatoms. The largest absolute Gasteiger partial charge is 1.00 e. The molecule has 5 nitrogen and oxygen atoms in total. The van der Waals surface area contributed by atoms with Crippen LogP contribution in [0.3, 0.4) is 0 Å². The van der Waals surface area contributed by atoms with E-state index >= 15 is 0 Å². The number of rotatable bonds is 28. The minimum Gasteiger partial charge on any atom is -0.790 e. The number of hydrogen-bond donors (Lipinski definition) is 1. The van der Waals surface area contributed by atoms with Crippen molar-refractivity contribution in [1.29, 1.82) is 0 Å². The van der Waals surface area contributed by atoms with Crippen molar-refractivity contribution in [3.05, 3.63) is 0 Å². The van der Waals surface area contributed by atoms with E-state index in [-0.39, 0.29) is 1.43 Å². The van der Waals surface area contributed by atoms with E-state index in [2.05, 4.69) is 27.7 Å². The maximum atomic E-state index is 8.66. The Bertz CT molecular complexity index is 462. The van der Waals surface area contributed by atoms with Gasteiger partial charge in [0, 0.05) is 0 Å².